The van der Waals surface area contributed by atoms with Crippen molar-refractivity contribution in [2.45, 2.75) is 177 Å². The Kier molecular flexibility index (Phi) is 18.8. The van der Waals surface area contributed by atoms with E-state index in [0.717, 1.165) is 25.7 Å². The van der Waals surface area contributed by atoms with Gasteiger partial charge < -0.3 is 50.0 Å². The van der Waals surface area contributed by atoms with E-state index in [1.807, 2.05) is 0 Å². The molecule has 0 aromatic rings. The quantitative estimate of drug-likeness (QED) is 0.0892. The molecule has 248 valence electrons. The second-order valence-corrected chi connectivity index (χ2v) is 12.1. The Morgan fingerprint density at radius 3 is 1.55 bits per heavy atom. The van der Waals surface area contributed by atoms with Crippen LogP contribution in [-0.2, 0) is 19.0 Å². The van der Waals surface area contributed by atoms with Gasteiger partial charge in [-0.3, -0.25) is 4.79 Å². The van der Waals surface area contributed by atoms with Gasteiger partial charge in [-0.1, -0.05) is 96.8 Å². The molecule has 2 heterocycles. The van der Waals surface area contributed by atoms with Crippen molar-refractivity contribution in [3.05, 3.63) is 0 Å². The van der Waals surface area contributed by atoms with Crippen molar-refractivity contribution in [2.75, 3.05) is 13.2 Å². The van der Waals surface area contributed by atoms with Crippen LogP contribution in [0.4, 0.5) is 0 Å². The molecule has 42 heavy (non-hydrogen) atoms. The lowest BCUT2D eigenvalue weighted by molar-refractivity contribution is -0.341. The summed E-state index contributed by atoms with van der Waals surface area (Å²) in [5, 5.41) is 70.7. The van der Waals surface area contributed by atoms with Crippen LogP contribution in [0.1, 0.15) is 116 Å². The highest BCUT2D eigenvalue weighted by Crippen LogP contribution is 2.30. The molecule has 0 aliphatic carbocycles. The van der Waals surface area contributed by atoms with Crippen LogP contribution in [-0.4, -0.2) is 116 Å². The topological polar surface area (TPSA) is 186 Å². The molecule has 0 radical (unpaired) electrons. The van der Waals surface area contributed by atoms with Crippen molar-refractivity contribution in [2.24, 2.45) is 0 Å². The van der Waals surface area contributed by atoms with Crippen LogP contribution in [0.2, 0.25) is 0 Å². The van der Waals surface area contributed by atoms with Crippen LogP contribution in [0.15, 0.2) is 0 Å². The van der Waals surface area contributed by atoms with Crippen LogP contribution < -0.4 is 0 Å². The Morgan fingerprint density at radius 2 is 1.05 bits per heavy atom. The molecule has 2 fully saturated rings. The first-order valence-electron chi connectivity index (χ1n) is 16.3. The maximum absolute atomic E-state index is 12.6. The minimum Gasteiger partial charge on any atom is -0.394 e. The lowest BCUT2D eigenvalue weighted by atomic mass is 9.91. The van der Waals surface area contributed by atoms with Gasteiger partial charge in [0.25, 0.3) is 0 Å². The predicted molar refractivity (Wildman–Crippen MR) is 156 cm³/mol. The molecular weight excluding hydrogens is 548 g/mol. The third kappa shape index (κ3) is 12.3. The number of Topliss-reactive ketones (excluding diaryl/α,β-unsaturated/α-hetero) is 1. The molecule has 2 aliphatic rings. The second-order valence-electron chi connectivity index (χ2n) is 12.1. The van der Waals surface area contributed by atoms with E-state index in [1.165, 1.54) is 70.6 Å². The first kappa shape index (κ1) is 37.5. The molecule has 2 rings (SSSR count). The fourth-order valence-corrected chi connectivity index (χ4v) is 5.86. The number of hydrogen-bond donors (Lipinski definition) is 7. The van der Waals surface area contributed by atoms with Crippen molar-refractivity contribution in [3.63, 3.8) is 0 Å². The lowest BCUT2D eigenvalue weighted by Crippen LogP contribution is -2.64. The molecule has 0 spiro atoms. The van der Waals surface area contributed by atoms with Crippen LogP contribution in [0, 0.1) is 0 Å². The van der Waals surface area contributed by atoms with Gasteiger partial charge >= 0.3 is 0 Å². The second kappa shape index (κ2) is 21.1. The highest BCUT2D eigenvalue weighted by Gasteiger charge is 2.50. The summed E-state index contributed by atoms with van der Waals surface area (Å²) in [4.78, 5) is 12.6. The van der Waals surface area contributed by atoms with Crippen molar-refractivity contribution in [1.29, 1.82) is 0 Å². The summed E-state index contributed by atoms with van der Waals surface area (Å²) in [7, 11) is 0. The molecule has 0 aromatic heterocycles. The van der Waals surface area contributed by atoms with Crippen LogP contribution >= 0.6 is 0 Å². The normalized spacial score (nSPS) is 33.6. The zero-order valence-electron chi connectivity index (χ0n) is 25.5. The maximum Gasteiger partial charge on any atom is 0.187 e. The average Bonchev–Trinajstić information content (AvgIpc) is 2.98. The first-order valence-corrected chi connectivity index (χ1v) is 16.3. The summed E-state index contributed by atoms with van der Waals surface area (Å²) in [6, 6.07) is 0. The van der Waals surface area contributed by atoms with E-state index in [4.69, 9.17) is 14.2 Å². The van der Waals surface area contributed by atoms with Crippen molar-refractivity contribution >= 4 is 5.78 Å². The summed E-state index contributed by atoms with van der Waals surface area (Å²) < 4.78 is 16.6. The maximum atomic E-state index is 12.6. The zero-order valence-corrected chi connectivity index (χ0v) is 25.5. The minimum absolute atomic E-state index is 0.106. The summed E-state index contributed by atoms with van der Waals surface area (Å²) in [5.41, 5.74) is 0. The number of ketones is 1. The highest BCUT2D eigenvalue weighted by atomic mass is 16.7. The number of aliphatic hydroxyl groups excluding tert-OH is 7. The largest absolute Gasteiger partial charge is 0.394 e. The standard InChI is InChI=1S/C31H58O11/c1-2-3-4-5-6-7-8-9-10-11-12-13-14-15-16-17-21(34)18-22-25(35)28(38)30(24(20-33)40-22)42-31-29(39)27(37)26(36)23(19-32)41-31/h22-33,35-39H,2-20H2,1H3/t22-,23-,24-,25+,26-,27+,28-,29-,30-,31+/m1/s1. The molecule has 0 amide bonds. The van der Waals surface area contributed by atoms with E-state index in [0.29, 0.717) is 6.42 Å². The Labute approximate surface area is 251 Å². The van der Waals surface area contributed by atoms with Gasteiger partial charge in [-0.15, -0.1) is 0 Å². The molecule has 0 aromatic carbocycles. The number of unbranched alkanes of at least 4 members (excludes halogenated alkanes) is 14. The van der Waals surface area contributed by atoms with E-state index < -0.39 is 74.4 Å². The van der Waals surface area contributed by atoms with E-state index >= 15 is 0 Å². The number of carbonyl (C=O) groups is 1. The lowest BCUT2D eigenvalue weighted by Gasteiger charge is -2.46. The molecule has 10 atom stereocenters. The number of ether oxygens (including phenoxy) is 3. The third-order valence-electron chi connectivity index (χ3n) is 8.59. The highest BCUT2D eigenvalue weighted by molar-refractivity contribution is 5.78. The van der Waals surface area contributed by atoms with Crippen molar-refractivity contribution in [3.8, 4) is 0 Å². The summed E-state index contributed by atoms with van der Waals surface area (Å²) >= 11 is 0. The van der Waals surface area contributed by atoms with Crippen LogP contribution in [0.25, 0.3) is 0 Å². The van der Waals surface area contributed by atoms with Gasteiger partial charge in [0.15, 0.2) is 6.29 Å². The number of hydrogen-bond acceptors (Lipinski definition) is 11. The van der Waals surface area contributed by atoms with Crippen molar-refractivity contribution in [1.82, 2.24) is 0 Å². The molecule has 7 N–H and O–H groups in total. The van der Waals surface area contributed by atoms with Gasteiger partial charge in [-0.2, -0.15) is 0 Å². The molecule has 0 bridgehead atoms. The smallest absolute Gasteiger partial charge is 0.187 e. The Balaban J connectivity index is 1.62. The number of aliphatic hydroxyl groups is 7. The third-order valence-corrected chi connectivity index (χ3v) is 8.59. The fraction of sp³-hybridized carbons (Fsp3) is 0.968. The zero-order chi connectivity index (χ0) is 30.9. The van der Waals surface area contributed by atoms with Gasteiger partial charge in [-0.05, 0) is 6.42 Å². The fourth-order valence-electron chi connectivity index (χ4n) is 5.86. The van der Waals surface area contributed by atoms with Gasteiger partial charge in [0, 0.05) is 12.8 Å². The number of carbonyl (C=O) groups excluding carboxylic acids is 1. The monoisotopic (exact) mass is 606 g/mol. The average molecular weight is 607 g/mol. The predicted octanol–water partition coefficient (Wildman–Crippen LogP) is 1.87. The molecule has 11 nitrogen and oxygen atoms in total. The molecule has 0 unspecified atom stereocenters. The first-order chi connectivity index (χ1) is 20.2. The molecule has 2 saturated heterocycles. The molecule has 0 saturated carbocycles. The van der Waals surface area contributed by atoms with E-state index in [9.17, 15) is 40.5 Å². The Morgan fingerprint density at radius 1 is 0.571 bits per heavy atom. The molecule has 11 heteroatoms. The molecule has 2 aliphatic heterocycles. The Hall–Kier alpha value is -0.730. The summed E-state index contributed by atoms with van der Waals surface area (Å²) in [5.74, 6) is -0.106. The minimum atomic E-state index is -1.72. The van der Waals surface area contributed by atoms with E-state index in [1.54, 1.807) is 0 Å². The van der Waals surface area contributed by atoms with Crippen molar-refractivity contribution < 1.29 is 54.8 Å². The molecular formula is C31H58O11. The van der Waals surface area contributed by atoms with Gasteiger partial charge in [0.2, 0.25) is 0 Å². The summed E-state index contributed by atoms with van der Waals surface area (Å²) in [6.07, 6.45) is 4.28. The van der Waals surface area contributed by atoms with Crippen LogP contribution in [0.3, 0.4) is 0 Å². The van der Waals surface area contributed by atoms with Gasteiger partial charge in [0.05, 0.1) is 19.3 Å². The number of rotatable bonds is 22. The van der Waals surface area contributed by atoms with Gasteiger partial charge in [-0.25, -0.2) is 0 Å². The van der Waals surface area contributed by atoms with Gasteiger partial charge in [0.1, 0.15) is 54.6 Å². The summed E-state index contributed by atoms with van der Waals surface area (Å²) in [6.45, 7) is 0.967. The van der Waals surface area contributed by atoms with Crippen LogP contribution in [0.5, 0.6) is 0 Å². The van der Waals surface area contributed by atoms with E-state index in [-0.39, 0.29) is 12.2 Å². The SMILES string of the molecule is CCCCCCCCCCCCCCCCCC(=O)C[C@H]1O[C@H](CO)[C@@H](O[C@@H]2O[C@H](CO)[C@@H](O)[C@H](O)[C@H]2O)[C@H](O)[C@H]1O. The Bertz CT molecular complexity index is 706. The van der Waals surface area contributed by atoms with E-state index in [2.05, 4.69) is 6.92 Å².